The molecule has 3 rings (SSSR count). The van der Waals surface area contributed by atoms with E-state index >= 15 is 0 Å². The monoisotopic (exact) mass is 280 g/mol. The van der Waals surface area contributed by atoms with Crippen molar-refractivity contribution in [2.75, 3.05) is 17.2 Å². The molecular formula is C18H20N2O. The Kier molecular flexibility index (Phi) is 3.65. The number of aryl methyl sites for hydroxylation is 2. The summed E-state index contributed by atoms with van der Waals surface area (Å²) in [5, 5.41) is 0. The van der Waals surface area contributed by atoms with Crippen molar-refractivity contribution in [1.29, 1.82) is 0 Å². The molecule has 0 aliphatic carbocycles. The standard InChI is InChI=1S/C18H20N2O/c1-13-5-2-3-6-14(13)9-10-17(21)20-12-11-15-7-4-8-16(19)18(15)20/h2-8H,9-12,19H2,1H3. The molecule has 0 radical (unpaired) electrons. The lowest BCUT2D eigenvalue weighted by atomic mass is 10.0. The molecule has 0 unspecified atom stereocenters. The lowest BCUT2D eigenvalue weighted by molar-refractivity contribution is -0.118. The van der Waals surface area contributed by atoms with Gasteiger partial charge in [-0.1, -0.05) is 36.4 Å². The van der Waals surface area contributed by atoms with Crippen LogP contribution in [-0.2, 0) is 17.6 Å². The highest BCUT2D eigenvalue weighted by atomic mass is 16.2. The summed E-state index contributed by atoms with van der Waals surface area (Å²) in [6, 6.07) is 14.1. The van der Waals surface area contributed by atoms with Crippen LogP contribution in [0.1, 0.15) is 23.1 Å². The second kappa shape index (κ2) is 5.60. The fourth-order valence-electron chi connectivity index (χ4n) is 3.00. The highest BCUT2D eigenvalue weighted by molar-refractivity contribution is 5.98. The maximum atomic E-state index is 12.5. The molecule has 1 amide bonds. The molecule has 1 heterocycles. The molecule has 21 heavy (non-hydrogen) atoms. The molecule has 3 nitrogen and oxygen atoms in total. The third kappa shape index (κ3) is 2.64. The predicted octanol–water partition coefficient (Wildman–Crippen LogP) is 3.10. The van der Waals surface area contributed by atoms with Crippen LogP contribution >= 0.6 is 0 Å². The zero-order chi connectivity index (χ0) is 14.8. The average Bonchev–Trinajstić information content (AvgIpc) is 2.92. The van der Waals surface area contributed by atoms with Gasteiger partial charge in [0, 0.05) is 13.0 Å². The molecule has 2 aromatic rings. The van der Waals surface area contributed by atoms with Gasteiger partial charge in [-0.05, 0) is 42.5 Å². The van der Waals surface area contributed by atoms with Crippen molar-refractivity contribution in [3.05, 3.63) is 59.2 Å². The van der Waals surface area contributed by atoms with Gasteiger partial charge in [-0.2, -0.15) is 0 Å². The number of fused-ring (bicyclic) bond motifs is 1. The van der Waals surface area contributed by atoms with Gasteiger partial charge in [0.15, 0.2) is 0 Å². The number of para-hydroxylation sites is 1. The molecule has 0 saturated heterocycles. The molecule has 0 spiro atoms. The molecule has 1 aliphatic heterocycles. The van der Waals surface area contributed by atoms with E-state index in [1.165, 1.54) is 16.7 Å². The second-order valence-electron chi connectivity index (χ2n) is 5.58. The number of carbonyl (C=O) groups excluding carboxylic acids is 1. The smallest absolute Gasteiger partial charge is 0.227 e. The van der Waals surface area contributed by atoms with Gasteiger partial charge in [0.2, 0.25) is 5.91 Å². The number of nitrogens with two attached hydrogens (primary N) is 1. The SMILES string of the molecule is Cc1ccccc1CCC(=O)N1CCc2cccc(N)c21. The first-order valence-electron chi connectivity index (χ1n) is 7.39. The van der Waals surface area contributed by atoms with E-state index in [1.54, 1.807) is 0 Å². The Bertz CT molecular complexity index is 679. The Hall–Kier alpha value is -2.29. The lowest BCUT2D eigenvalue weighted by Gasteiger charge is -2.19. The van der Waals surface area contributed by atoms with E-state index in [9.17, 15) is 4.79 Å². The first kappa shape index (κ1) is 13.7. The highest BCUT2D eigenvalue weighted by Crippen LogP contribution is 2.34. The topological polar surface area (TPSA) is 46.3 Å². The van der Waals surface area contributed by atoms with Crippen molar-refractivity contribution in [2.45, 2.75) is 26.2 Å². The van der Waals surface area contributed by atoms with Crippen molar-refractivity contribution < 1.29 is 4.79 Å². The molecule has 0 bridgehead atoms. The molecule has 2 aromatic carbocycles. The van der Waals surface area contributed by atoms with Crippen LogP contribution in [-0.4, -0.2) is 12.5 Å². The van der Waals surface area contributed by atoms with Crippen molar-refractivity contribution in [3.8, 4) is 0 Å². The van der Waals surface area contributed by atoms with E-state index in [2.05, 4.69) is 25.1 Å². The van der Waals surface area contributed by atoms with Crippen LogP contribution in [0.25, 0.3) is 0 Å². The van der Waals surface area contributed by atoms with Crippen LogP contribution in [0.5, 0.6) is 0 Å². The van der Waals surface area contributed by atoms with Gasteiger partial charge in [0.1, 0.15) is 0 Å². The van der Waals surface area contributed by atoms with Gasteiger partial charge in [0.05, 0.1) is 11.4 Å². The molecule has 0 fully saturated rings. The fraction of sp³-hybridized carbons (Fsp3) is 0.278. The van der Waals surface area contributed by atoms with Gasteiger partial charge in [-0.3, -0.25) is 4.79 Å². The number of nitrogen functional groups attached to an aromatic ring is 1. The summed E-state index contributed by atoms with van der Waals surface area (Å²) in [7, 11) is 0. The summed E-state index contributed by atoms with van der Waals surface area (Å²) >= 11 is 0. The second-order valence-corrected chi connectivity index (χ2v) is 5.58. The number of rotatable bonds is 3. The largest absolute Gasteiger partial charge is 0.397 e. The van der Waals surface area contributed by atoms with Crippen LogP contribution in [0.3, 0.4) is 0 Å². The Morgan fingerprint density at radius 2 is 2.00 bits per heavy atom. The normalized spacial score (nSPS) is 13.3. The van der Waals surface area contributed by atoms with Crippen molar-refractivity contribution in [1.82, 2.24) is 0 Å². The Morgan fingerprint density at radius 3 is 2.81 bits per heavy atom. The molecule has 2 N–H and O–H groups in total. The Morgan fingerprint density at radius 1 is 1.19 bits per heavy atom. The molecule has 0 saturated carbocycles. The highest BCUT2D eigenvalue weighted by Gasteiger charge is 2.26. The summed E-state index contributed by atoms with van der Waals surface area (Å²) < 4.78 is 0. The molecule has 1 aliphatic rings. The number of amides is 1. The van der Waals surface area contributed by atoms with Gasteiger partial charge in [-0.15, -0.1) is 0 Å². The molecule has 0 atom stereocenters. The summed E-state index contributed by atoms with van der Waals surface area (Å²) in [5.41, 5.74) is 11.3. The van der Waals surface area contributed by atoms with E-state index in [0.29, 0.717) is 12.1 Å². The summed E-state index contributed by atoms with van der Waals surface area (Å²) in [6.07, 6.45) is 2.21. The third-order valence-corrected chi connectivity index (χ3v) is 4.20. The first-order chi connectivity index (χ1) is 10.2. The van der Waals surface area contributed by atoms with E-state index in [-0.39, 0.29) is 5.91 Å². The fourth-order valence-corrected chi connectivity index (χ4v) is 3.00. The molecule has 0 aromatic heterocycles. The summed E-state index contributed by atoms with van der Waals surface area (Å²) in [5.74, 6) is 0.162. The van der Waals surface area contributed by atoms with E-state index < -0.39 is 0 Å². The number of anilines is 2. The van der Waals surface area contributed by atoms with Crippen LogP contribution < -0.4 is 10.6 Å². The lowest BCUT2D eigenvalue weighted by Crippen LogP contribution is -2.29. The molecule has 3 heteroatoms. The predicted molar refractivity (Wildman–Crippen MR) is 86.4 cm³/mol. The number of carbonyl (C=O) groups is 1. The third-order valence-electron chi connectivity index (χ3n) is 4.20. The molecular weight excluding hydrogens is 260 g/mol. The quantitative estimate of drug-likeness (QED) is 0.878. The van der Waals surface area contributed by atoms with Crippen LogP contribution in [0.4, 0.5) is 11.4 Å². The van der Waals surface area contributed by atoms with E-state index in [0.717, 1.165) is 25.1 Å². The minimum atomic E-state index is 0.162. The first-order valence-corrected chi connectivity index (χ1v) is 7.39. The zero-order valence-corrected chi connectivity index (χ0v) is 12.3. The van der Waals surface area contributed by atoms with Gasteiger partial charge in [-0.25, -0.2) is 0 Å². The van der Waals surface area contributed by atoms with E-state index in [4.69, 9.17) is 5.73 Å². The van der Waals surface area contributed by atoms with Crippen molar-refractivity contribution in [2.24, 2.45) is 0 Å². The van der Waals surface area contributed by atoms with E-state index in [1.807, 2.05) is 29.2 Å². The minimum Gasteiger partial charge on any atom is -0.397 e. The number of hydrogen-bond acceptors (Lipinski definition) is 2. The van der Waals surface area contributed by atoms with Crippen LogP contribution in [0.15, 0.2) is 42.5 Å². The van der Waals surface area contributed by atoms with Crippen LogP contribution in [0, 0.1) is 6.92 Å². The van der Waals surface area contributed by atoms with Crippen LogP contribution in [0.2, 0.25) is 0 Å². The number of nitrogens with zero attached hydrogens (tertiary/aromatic N) is 1. The number of benzene rings is 2. The van der Waals surface area contributed by atoms with Gasteiger partial charge in [0.25, 0.3) is 0 Å². The maximum Gasteiger partial charge on any atom is 0.227 e. The summed E-state index contributed by atoms with van der Waals surface area (Å²) in [4.78, 5) is 14.4. The maximum absolute atomic E-state index is 12.5. The van der Waals surface area contributed by atoms with Gasteiger partial charge < -0.3 is 10.6 Å². The number of hydrogen-bond donors (Lipinski definition) is 1. The van der Waals surface area contributed by atoms with Crippen molar-refractivity contribution >= 4 is 17.3 Å². The Balaban J connectivity index is 1.73. The van der Waals surface area contributed by atoms with Crippen molar-refractivity contribution in [3.63, 3.8) is 0 Å². The minimum absolute atomic E-state index is 0.162. The Labute approximate surface area is 125 Å². The zero-order valence-electron chi connectivity index (χ0n) is 12.3. The summed E-state index contributed by atoms with van der Waals surface area (Å²) in [6.45, 7) is 2.83. The molecule has 108 valence electrons. The van der Waals surface area contributed by atoms with Gasteiger partial charge >= 0.3 is 0 Å². The average molecular weight is 280 g/mol.